The van der Waals surface area contributed by atoms with Crippen LogP contribution in [0.5, 0.6) is 0 Å². The minimum Gasteiger partial charge on any atom is -0.448 e. The van der Waals surface area contributed by atoms with E-state index in [4.69, 9.17) is 4.74 Å². The van der Waals surface area contributed by atoms with Gasteiger partial charge in [-0.2, -0.15) is 0 Å². The summed E-state index contributed by atoms with van der Waals surface area (Å²) in [5.74, 6) is -0.295. The van der Waals surface area contributed by atoms with Crippen LogP contribution in [0.15, 0.2) is 4.34 Å². The van der Waals surface area contributed by atoms with Crippen LogP contribution in [-0.2, 0) is 9.53 Å². The van der Waals surface area contributed by atoms with Crippen molar-refractivity contribution in [3.8, 4) is 0 Å². The number of thioether (sulfide) groups is 1. The second kappa shape index (κ2) is 6.20. The predicted molar refractivity (Wildman–Crippen MR) is 72.5 cm³/mol. The molecule has 104 valence electrons. The molecule has 0 saturated carbocycles. The zero-order valence-corrected chi connectivity index (χ0v) is 12.2. The van der Waals surface area contributed by atoms with Crippen LogP contribution in [-0.4, -0.2) is 52.0 Å². The molecule has 19 heavy (non-hydrogen) atoms. The van der Waals surface area contributed by atoms with Crippen molar-refractivity contribution < 1.29 is 14.3 Å². The molecule has 0 atom stereocenters. The minimum atomic E-state index is -0.455. The van der Waals surface area contributed by atoms with Crippen molar-refractivity contribution >= 4 is 40.2 Å². The van der Waals surface area contributed by atoms with E-state index < -0.39 is 6.09 Å². The van der Waals surface area contributed by atoms with Crippen LogP contribution in [0.4, 0.5) is 9.93 Å². The quantitative estimate of drug-likeness (QED) is 0.654. The summed E-state index contributed by atoms with van der Waals surface area (Å²) in [6.07, 6.45) is -0.455. The Morgan fingerprint density at radius 1 is 1.58 bits per heavy atom. The molecule has 0 unspecified atom stereocenters. The average molecular weight is 302 g/mol. The van der Waals surface area contributed by atoms with Crippen molar-refractivity contribution in [3.63, 3.8) is 0 Å². The first-order chi connectivity index (χ1) is 9.04. The molecular weight excluding hydrogens is 288 g/mol. The molecule has 2 rings (SSSR count). The summed E-state index contributed by atoms with van der Waals surface area (Å²) < 4.78 is 5.55. The summed E-state index contributed by atoms with van der Waals surface area (Å²) in [4.78, 5) is 24.2. The third kappa shape index (κ3) is 4.06. The fraction of sp³-hybridized carbons (Fsp3) is 0.600. The zero-order chi connectivity index (χ0) is 13.8. The van der Waals surface area contributed by atoms with E-state index in [9.17, 15) is 9.59 Å². The van der Waals surface area contributed by atoms with Crippen LogP contribution >= 0.6 is 23.1 Å². The molecule has 0 aliphatic carbocycles. The fourth-order valence-corrected chi connectivity index (χ4v) is 3.40. The van der Waals surface area contributed by atoms with Crippen molar-refractivity contribution in [2.24, 2.45) is 0 Å². The molecule has 1 aromatic heterocycles. The molecule has 1 aliphatic rings. The number of hydrogen-bond acceptors (Lipinski definition) is 7. The molecule has 1 N–H and O–H groups in total. The lowest BCUT2D eigenvalue weighted by Crippen LogP contribution is -2.33. The van der Waals surface area contributed by atoms with E-state index in [1.165, 1.54) is 16.2 Å². The molecule has 1 saturated heterocycles. The number of aromatic nitrogens is 2. The normalized spacial score (nSPS) is 14.9. The van der Waals surface area contributed by atoms with Crippen molar-refractivity contribution in [2.45, 2.75) is 23.4 Å². The minimum absolute atomic E-state index is 0.0227. The molecular formula is C10H14N4O3S2. The second-order valence-corrected chi connectivity index (χ2v) is 6.92. The largest absolute Gasteiger partial charge is 0.448 e. The van der Waals surface area contributed by atoms with Crippen LogP contribution in [0.3, 0.4) is 0 Å². The van der Waals surface area contributed by atoms with Crippen molar-refractivity contribution in [1.29, 1.82) is 0 Å². The molecule has 0 aromatic carbocycles. The smallest absolute Gasteiger partial charge is 0.410 e. The first kappa shape index (κ1) is 14.1. The number of hydrogen-bond donors (Lipinski definition) is 1. The highest BCUT2D eigenvalue weighted by atomic mass is 32.2. The highest BCUT2D eigenvalue weighted by Gasteiger charge is 2.24. The standard InChI is InChI=1S/C10H14N4O3S2/c1-6(2)18-9-13-12-8(19-9)11-7(15)5-14-3-4-17-10(14)16/h6H,3-5H2,1-2H3,(H,11,12,15). The highest BCUT2D eigenvalue weighted by molar-refractivity contribution is 8.01. The van der Waals surface area contributed by atoms with Gasteiger partial charge in [-0.1, -0.05) is 36.9 Å². The molecule has 1 fully saturated rings. The Balaban J connectivity index is 1.84. The van der Waals surface area contributed by atoms with Gasteiger partial charge in [0.1, 0.15) is 13.2 Å². The van der Waals surface area contributed by atoms with E-state index in [0.29, 0.717) is 23.5 Å². The summed E-state index contributed by atoms with van der Waals surface area (Å²) in [7, 11) is 0. The van der Waals surface area contributed by atoms with Gasteiger partial charge in [-0.3, -0.25) is 15.0 Å². The summed E-state index contributed by atoms with van der Waals surface area (Å²) in [5.41, 5.74) is 0. The lowest BCUT2D eigenvalue weighted by Gasteiger charge is -2.10. The molecule has 2 heterocycles. The Labute approximate surface area is 118 Å². The average Bonchev–Trinajstić information content (AvgIpc) is 2.89. The Bertz CT molecular complexity index is 477. The van der Waals surface area contributed by atoms with Crippen LogP contribution in [0.2, 0.25) is 0 Å². The number of nitrogens with zero attached hydrogens (tertiary/aromatic N) is 3. The Hall–Kier alpha value is -1.35. The molecule has 0 bridgehead atoms. The lowest BCUT2D eigenvalue weighted by atomic mass is 10.5. The number of anilines is 1. The lowest BCUT2D eigenvalue weighted by molar-refractivity contribution is -0.116. The van der Waals surface area contributed by atoms with Crippen LogP contribution in [0.1, 0.15) is 13.8 Å². The van der Waals surface area contributed by atoms with E-state index in [0.717, 1.165) is 4.34 Å². The summed E-state index contributed by atoms with van der Waals surface area (Å²) in [5, 5.41) is 11.3. The number of carbonyl (C=O) groups is 2. The number of ether oxygens (including phenoxy) is 1. The van der Waals surface area contributed by atoms with Gasteiger partial charge in [0.2, 0.25) is 11.0 Å². The number of carbonyl (C=O) groups excluding carboxylic acids is 2. The van der Waals surface area contributed by atoms with Gasteiger partial charge >= 0.3 is 6.09 Å². The molecule has 7 nitrogen and oxygen atoms in total. The Morgan fingerprint density at radius 3 is 3.00 bits per heavy atom. The molecule has 2 amide bonds. The van der Waals surface area contributed by atoms with Crippen molar-refractivity contribution in [1.82, 2.24) is 15.1 Å². The van der Waals surface area contributed by atoms with Crippen LogP contribution in [0, 0.1) is 0 Å². The maximum absolute atomic E-state index is 11.7. The molecule has 9 heteroatoms. The van der Waals surface area contributed by atoms with Crippen molar-refractivity contribution in [2.75, 3.05) is 25.0 Å². The predicted octanol–water partition coefficient (Wildman–Crippen LogP) is 1.43. The van der Waals surface area contributed by atoms with Gasteiger partial charge in [0, 0.05) is 5.25 Å². The highest BCUT2D eigenvalue weighted by Crippen LogP contribution is 2.28. The topological polar surface area (TPSA) is 84.4 Å². The maximum atomic E-state index is 11.7. The van der Waals surface area contributed by atoms with Crippen LogP contribution in [0.25, 0.3) is 0 Å². The van der Waals surface area contributed by atoms with Gasteiger partial charge in [-0.25, -0.2) is 4.79 Å². The van der Waals surface area contributed by atoms with Gasteiger partial charge in [-0.15, -0.1) is 10.2 Å². The third-order valence-corrected chi connectivity index (χ3v) is 4.10. The van der Waals surface area contributed by atoms with Crippen molar-refractivity contribution in [3.05, 3.63) is 0 Å². The first-order valence-electron chi connectivity index (χ1n) is 5.76. The number of nitrogens with one attached hydrogen (secondary N) is 1. The monoisotopic (exact) mass is 302 g/mol. The zero-order valence-electron chi connectivity index (χ0n) is 10.6. The van der Waals surface area contributed by atoms with Gasteiger partial charge < -0.3 is 4.74 Å². The Kier molecular flexibility index (Phi) is 4.59. The number of rotatable bonds is 5. The van der Waals surface area contributed by atoms with E-state index in [1.54, 1.807) is 11.8 Å². The van der Waals surface area contributed by atoms with Gasteiger partial charge in [-0.05, 0) is 0 Å². The van der Waals surface area contributed by atoms with E-state index in [2.05, 4.69) is 29.4 Å². The van der Waals surface area contributed by atoms with Crippen LogP contribution < -0.4 is 5.32 Å². The summed E-state index contributed by atoms with van der Waals surface area (Å²) in [6.45, 7) is 4.87. The number of cyclic esters (lactones) is 1. The van der Waals surface area contributed by atoms with E-state index >= 15 is 0 Å². The second-order valence-electron chi connectivity index (χ2n) is 4.12. The SMILES string of the molecule is CC(C)Sc1nnc(NC(=O)CN2CCOC2=O)s1. The molecule has 1 aromatic rings. The van der Waals surface area contributed by atoms with E-state index in [1.807, 2.05) is 0 Å². The number of amides is 2. The molecule has 0 spiro atoms. The van der Waals surface area contributed by atoms with Gasteiger partial charge in [0.25, 0.3) is 0 Å². The van der Waals surface area contributed by atoms with Gasteiger partial charge in [0.05, 0.1) is 6.54 Å². The Morgan fingerprint density at radius 2 is 2.37 bits per heavy atom. The molecule has 0 radical (unpaired) electrons. The molecule has 1 aliphatic heterocycles. The van der Waals surface area contributed by atoms with Gasteiger partial charge in [0.15, 0.2) is 4.34 Å². The fourth-order valence-electron chi connectivity index (χ4n) is 1.41. The maximum Gasteiger partial charge on any atom is 0.410 e. The third-order valence-electron chi connectivity index (χ3n) is 2.17. The summed E-state index contributed by atoms with van der Waals surface area (Å²) >= 11 is 2.91. The first-order valence-corrected chi connectivity index (χ1v) is 7.46. The summed E-state index contributed by atoms with van der Waals surface area (Å²) in [6, 6.07) is 0. The van der Waals surface area contributed by atoms with E-state index in [-0.39, 0.29) is 12.5 Å².